The number of benzene rings is 1. The Balaban J connectivity index is 1.72. The predicted molar refractivity (Wildman–Crippen MR) is 96.1 cm³/mol. The van der Waals surface area contributed by atoms with Crippen molar-refractivity contribution in [3.05, 3.63) is 40.5 Å². The Bertz CT molecular complexity index is 671. The molecular weight excluding hydrogens is 333 g/mol. The number of aromatic nitrogens is 2. The molecule has 0 unspecified atom stereocenters. The number of nitrogens with zero attached hydrogens (tertiary/aromatic N) is 4. The molecular formula is C16H19Cl2N5. The van der Waals surface area contributed by atoms with Crippen molar-refractivity contribution in [1.82, 2.24) is 14.9 Å². The number of anilines is 3. The minimum atomic E-state index is 0.532. The Hall–Kier alpha value is -1.56. The molecule has 1 saturated heterocycles. The molecule has 7 heteroatoms. The first-order chi connectivity index (χ1) is 11.2. The van der Waals surface area contributed by atoms with Gasteiger partial charge in [0.15, 0.2) is 0 Å². The molecule has 0 atom stereocenters. The van der Waals surface area contributed by atoms with Crippen LogP contribution in [0.3, 0.4) is 0 Å². The van der Waals surface area contributed by atoms with Gasteiger partial charge in [-0.2, -0.15) is 4.98 Å². The van der Waals surface area contributed by atoms with Crippen molar-refractivity contribution >= 4 is 40.7 Å². The highest BCUT2D eigenvalue weighted by Gasteiger charge is 2.17. The highest BCUT2D eigenvalue weighted by atomic mass is 35.5. The van der Waals surface area contributed by atoms with Crippen LogP contribution in [0.5, 0.6) is 0 Å². The van der Waals surface area contributed by atoms with Gasteiger partial charge in [0.1, 0.15) is 5.82 Å². The SMILES string of the molecule is CCN1CCN(c2ccnc(Nc3ccc(Cl)cc3Cl)n2)CC1. The van der Waals surface area contributed by atoms with Gasteiger partial charge >= 0.3 is 0 Å². The first-order valence-corrected chi connectivity index (χ1v) is 8.43. The third-order valence-corrected chi connectivity index (χ3v) is 4.51. The molecule has 5 nitrogen and oxygen atoms in total. The summed E-state index contributed by atoms with van der Waals surface area (Å²) in [5.41, 5.74) is 0.740. The Labute approximate surface area is 146 Å². The predicted octanol–water partition coefficient (Wildman–Crippen LogP) is 3.67. The lowest BCUT2D eigenvalue weighted by Crippen LogP contribution is -2.46. The van der Waals surface area contributed by atoms with Crippen molar-refractivity contribution in [3.63, 3.8) is 0 Å². The number of halogens is 2. The Morgan fingerprint density at radius 1 is 1.13 bits per heavy atom. The maximum absolute atomic E-state index is 6.18. The molecule has 1 fully saturated rings. The number of likely N-dealkylation sites (N-methyl/N-ethyl adjacent to an activating group) is 1. The summed E-state index contributed by atoms with van der Waals surface area (Å²) < 4.78 is 0. The van der Waals surface area contributed by atoms with Gasteiger partial charge in [0.05, 0.1) is 10.7 Å². The molecule has 0 radical (unpaired) electrons. The van der Waals surface area contributed by atoms with Crippen molar-refractivity contribution in [2.24, 2.45) is 0 Å². The minimum absolute atomic E-state index is 0.532. The first-order valence-electron chi connectivity index (χ1n) is 7.68. The second kappa shape index (κ2) is 7.34. The van der Waals surface area contributed by atoms with Gasteiger partial charge in [-0.25, -0.2) is 4.98 Å². The second-order valence-electron chi connectivity index (χ2n) is 5.41. The van der Waals surface area contributed by atoms with E-state index in [1.807, 2.05) is 12.1 Å². The van der Waals surface area contributed by atoms with Gasteiger partial charge in [-0.15, -0.1) is 0 Å². The smallest absolute Gasteiger partial charge is 0.229 e. The number of rotatable bonds is 4. The van der Waals surface area contributed by atoms with E-state index >= 15 is 0 Å². The summed E-state index contributed by atoms with van der Waals surface area (Å²) in [4.78, 5) is 13.6. The van der Waals surface area contributed by atoms with Crippen LogP contribution in [0.15, 0.2) is 30.5 Å². The van der Waals surface area contributed by atoms with Crippen molar-refractivity contribution < 1.29 is 0 Å². The van der Waals surface area contributed by atoms with E-state index in [9.17, 15) is 0 Å². The number of hydrogen-bond donors (Lipinski definition) is 1. The molecule has 2 aromatic rings. The largest absolute Gasteiger partial charge is 0.354 e. The zero-order valence-corrected chi connectivity index (χ0v) is 14.5. The molecule has 3 rings (SSSR count). The molecule has 0 bridgehead atoms. The van der Waals surface area contributed by atoms with Crippen molar-refractivity contribution in [2.45, 2.75) is 6.92 Å². The van der Waals surface area contributed by atoms with Crippen LogP contribution in [0.25, 0.3) is 0 Å². The Morgan fingerprint density at radius 3 is 2.61 bits per heavy atom. The molecule has 1 N–H and O–H groups in total. The van der Waals surface area contributed by atoms with Crippen LogP contribution in [-0.4, -0.2) is 47.6 Å². The van der Waals surface area contributed by atoms with Crippen LogP contribution in [0.4, 0.5) is 17.5 Å². The maximum Gasteiger partial charge on any atom is 0.229 e. The fraction of sp³-hybridized carbons (Fsp3) is 0.375. The zero-order chi connectivity index (χ0) is 16.2. The van der Waals surface area contributed by atoms with E-state index in [1.54, 1.807) is 18.3 Å². The van der Waals surface area contributed by atoms with Crippen LogP contribution in [0.2, 0.25) is 10.0 Å². The maximum atomic E-state index is 6.18. The van der Waals surface area contributed by atoms with Crippen LogP contribution in [0, 0.1) is 0 Å². The lowest BCUT2D eigenvalue weighted by atomic mass is 10.3. The summed E-state index contributed by atoms with van der Waals surface area (Å²) in [6.45, 7) is 7.37. The fourth-order valence-electron chi connectivity index (χ4n) is 2.59. The van der Waals surface area contributed by atoms with E-state index in [0.717, 1.165) is 44.2 Å². The molecule has 0 aliphatic carbocycles. The van der Waals surface area contributed by atoms with E-state index in [0.29, 0.717) is 16.0 Å². The van der Waals surface area contributed by atoms with E-state index in [-0.39, 0.29) is 0 Å². The van der Waals surface area contributed by atoms with Gasteiger partial charge in [-0.05, 0) is 30.8 Å². The number of nitrogens with one attached hydrogen (secondary N) is 1. The summed E-state index contributed by atoms with van der Waals surface area (Å²) in [5.74, 6) is 1.47. The van der Waals surface area contributed by atoms with Crippen molar-refractivity contribution in [1.29, 1.82) is 0 Å². The van der Waals surface area contributed by atoms with Gasteiger partial charge in [0.25, 0.3) is 0 Å². The van der Waals surface area contributed by atoms with Crippen LogP contribution in [0.1, 0.15) is 6.92 Å². The molecule has 1 aromatic heterocycles. The van der Waals surface area contributed by atoms with Crippen molar-refractivity contribution in [3.8, 4) is 0 Å². The van der Waals surface area contributed by atoms with Crippen molar-refractivity contribution in [2.75, 3.05) is 42.9 Å². The highest BCUT2D eigenvalue weighted by molar-refractivity contribution is 6.36. The average Bonchev–Trinajstić information content (AvgIpc) is 2.58. The molecule has 1 aliphatic heterocycles. The molecule has 1 aliphatic rings. The second-order valence-corrected chi connectivity index (χ2v) is 6.25. The van der Waals surface area contributed by atoms with E-state index in [2.05, 4.69) is 32.0 Å². The lowest BCUT2D eigenvalue weighted by Gasteiger charge is -2.34. The fourth-order valence-corrected chi connectivity index (χ4v) is 3.05. The van der Waals surface area contributed by atoms with Crippen LogP contribution >= 0.6 is 23.2 Å². The summed E-state index contributed by atoms with van der Waals surface area (Å²) in [7, 11) is 0. The monoisotopic (exact) mass is 351 g/mol. The Morgan fingerprint density at radius 2 is 1.91 bits per heavy atom. The Kier molecular flexibility index (Phi) is 5.20. The molecule has 0 saturated carbocycles. The summed E-state index contributed by atoms with van der Waals surface area (Å²) in [6.07, 6.45) is 1.76. The highest BCUT2D eigenvalue weighted by Crippen LogP contribution is 2.27. The number of piperazine rings is 1. The van der Waals surface area contributed by atoms with E-state index in [4.69, 9.17) is 23.2 Å². The number of hydrogen-bond acceptors (Lipinski definition) is 5. The molecule has 0 spiro atoms. The summed E-state index contributed by atoms with van der Waals surface area (Å²) in [5, 5.41) is 4.29. The molecule has 0 amide bonds. The zero-order valence-electron chi connectivity index (χ0n) is 13.0. The van der Waals surface area contributed by atoms with Gasteiger partial charge in [-0.1, -0.05) is 30.1 Å². The molecule has 23 heavy (non-hydrogen) atoms. The summed E-state index contributed by atoms with van der Waals surface area (Å²) >= 11 is 12.1. The normalized spacial score (nSPS) is 15.7. The molecule has 1 aromatic carbocycles. The van der Waals surface area contributed by atoms with Crippen LogP contribution in [-0.2, 0) is 0 Å². The van der Waals surface area contributed by atoms with E-state index < -0.39 is 0 Å². The topological polar surface area (TPSA) is 44.3 Å². The first kappa shape index (κ1) is 16.3. The van der Waals surface area contributed by atoms with Gasteiger partial charge < -0.3 is 15.1 Å². The molecule has 122 valence electrons. The molecule has 2 heterocycles. The van der Waals surface area contributed by atoms with Gasteiger partial charge in [0.2, 0.25) is 5.95 Å². The lowest BCUT2D eigenvalue weighted by molar-refractivity contribution is 0.270. The quantitative estimate of drug-likeness (QED) is 0.910. The van der Waals surface area contributed by atoms with Gasteiger partial charge in [-0.3, -0.25) is 0 Å². The minimum Gasteiger partial charge on any atom is -0.354 e. The van der Waals surface area contributed by atoms with E-state index in [1.165, 1.54) is 0 Å². The van der Waals surface area contributed by atoms with Gasteiger partial charge in [0, 0.05) is 37.4 Å². The standard InChI is InChI=1S/C16H19Cl2N5/c1-2-22-7-9-23(10-8-22)15-5-6-19-16(21-15)20-14-4-3-12(17)11-13(14)18/h3-6,11H,2,7-10H2,1H3,(H,19,20,21). The summed E-state index contributed by atoms with van der Waals surface area (Å²) in [6, 6.07) is 7.24. The van der Waals surface area contributed by atoms with Crippen LogP contribution < -0.4 is 10.2 Å². The third-order valence-electron chi connectivity index (χ3n) is 3.96. The third kappa shape index (κ3) is 4.05. The average molecular weight is 352 g/mol.